The minimum Gasteiger partial charge on any atom is -0.353 e. The molecule has 5 nitrogen and oxygen atoms in total. The zero-order valence-electron chi connectivity index (χ0n) is 15.0. The number of carbonyl (C=O) groups is 2. The number of rotatable bonds is 6. The first-order valence-electron chi connectivity index (χ1n) is 9.51. The Labute approximate surface area is 150 Å². The number of carbonyl (C=O) groups excluding carboxylic acids is 2. The van der Waals surface area contributed by atoms with Gasteiger partial charge in [-0.05, 0) is 43.6 Å². The molecule has 2 fully saturated rings. The third-order valence-corrected chi connectivity index (χ3v) is 5.30. The number of likely N-dealkylation sites (tertiary alicyclic amines) is 1. The van der Waals surface area contributed by atoms with E-state index in [9.17, 15) is 9.59 Å². The molecule has 1 heterocycles. The Hall–Kier alpha value is -2.04. The predicted octanol–water partition coefficient (Wildman–Crippen LogP) is 2.88. The molecule has 1 aromatic rings. The summed E-state index contributed by atoms with van der Waals surface area (Å²) in [5, 5.41) is 6.10. The van der Waals surface area contributed by atoms with Gasteiger partial charge in [0.05, 0.1) is 0 Å². The van der Waals surface area contributed by atoms with E-state index < -0.39 is 0 Å². The molecule has 1 saturated heterocycles. The van der Waals surface area contributed by atoms with Crippen LogP contribution in [0.4, 0.5) is 4.79 Å². The Morgan fingerprint density at radius 2 is 1.80 bits per heavy atom. The van der Waals surface area contributed by atoms with E-state index in [2.05, 4.69) is 29.7 Å². The lowest BCUT2D eigenvalue weighted by Gasteiger charge is -2.31. The van der Waals surface area contributed by atoms with Crippen molar-refractivity contribution in [1.29, 1.82) is 0 Å². The number of hydrogen-bond acceptors (Lipinski definition) is 2. The lowest BCUT2D eigenvalue weighted by atomic mass is 9.96. The van der Waals surface area contributed by atoms with Crippen LogP contribution in [-0.2, 0) is 4.79 Å². The topological polar surface area (TPSA) is 61.4 Å². The van der Waals surface area contributed by atoms with E-state index in [1.807, 2.05) is 23.1 Å². The van der Waals surface area contributed by atoms with Gasteiger partial charge in [0.2, 0.25) is 5.91 Å². The Morgan fingerprint density at radius 3 is 2.44 bits per heavy atom. The maximum Gasteiger partial charge on any atom is 0.317 e. The van der Waals surface area contributed by atoms with E-state index in [1.165, 1.54) is 5.56 Å². The van der Waals surface area contributed by atoms with Crippen molar-refractivity contribution in [2.45, 2.75) is 51.0 Å². The third kappa shape index (κ3) is 5.21. The summed E-state index contributed by atoms with van der Waals surface area (Å²) in [4.78, 5) is 26.2. The van der Waals surface area contributed by atoms with Gasteiger partial charge in [-0.1, -0.05) is 37.3 Å². The van der Waals surface area contributed by atoms with Gasteiger partial charge in [-0.15, -0.1) is 0 Å². The normalized spacial score (nSPS) is 19.3. The quantitative estimate of drug-likeness (QED) is 0.834. The predicted molar refractivity (Wildman–Crippen MR) is 98.3 cm³/mol. The summed E-state index contributed by atoms with van der Waals surface area (Å²) in [6.07, 6.45) is 4.71. The third-order valence-electron chi connectivity index (χ3n) is 5.30. The zero-order valence-corrected chi connectivity index (χ0v) is 15.0. The van der Waals surface area contributed by atoms with Crippen molar-refractivity contribution in [3.8, 4) is 0 Å². The van der Waals surface area contributed by atoms with Crippen LogP contribution >= 0.6 is 0 Å². The van der Waals surface area contributed by atoms with Crippen molar-refractivity contribution >= 4 is 11.9 Å². The van der Waals surface area contributed by atoms with Crippen LogP contribution in [0, 0.1) is 5.92 Å². The van der Waals surface area contributed by atoms with E-state index in [0.29, 0.717) is 31.6 Å². The molecule has 1 unspecified atom stereocenters. The molecule has 0 spiro atoms. The van der Waals surface area contributed by atoms with Crippen molar-refractivity contribution in [3.63, 3.8) is 0 Å². The largest absolute Gasteiger partial charge is 0.353 e. The smallest absolute Gasteiger partial charge is 0.317 e. The van der Waals surface area contributed by atoms with Crippen molar-refractivity contribution in [3.05, 3.63) is 35.9 Å². The van der Waals surface area contributed by atoms with Gasteiger partial charge < -0.3 is 15.5 Å². The van der Waals surface area contributed by atoms with Gasteiger partial charge in [-0.2, -0.15) is 0 Å². The number of nitrogens with zero attached hydrogens (tertiary/aromatic N) is 1. The first-order chi connectivity index (χ1) is 12.1. The number of benzene rings is 1. The SMILES string of the molecule is CC(CCNC(=O)N1CCC(C(=O)NC2CC2)CC1)c1ccccc1. The van der Waals surface area contributed by atoms with Crippen LogP contribution in [0.15, 0.2) is 30.3 Å². The van der Waals surface area contributed by atoms with Gasteiger partial charge in [0, 0.05) is 31.6 Å². The lowest BCUT2D eigenvalue weighted by Crippen LogP contribution is -2.47. The van der Waals surface area contributed by atoms with Crippen LogP contribution < -0.4 is 10.6 Å². The number of amides is 3. The Kier molecular flexibility index (Phi) is 5.95. The van der Waals surface area contributed by atoms with E-state index >= 15 is 0 Å². The average Bonchev–Trinajstić information content (AvgIpc) is 3.46. The lowest BCUT2D eigenvalue weighted by molar-refractivity contribution is -0.126. The summed E-state index contributed by atoms with van der Waals surface area (Å²) in [5.41, 5.74) is 1.30. The van der Waals surface area contributed by atoms with Crippen LogP contribution in [0.25, 0.3) is 0 Å². The highest BCUT2D eigenvalue weighted by Crippen LogP contribution is 2.23. The van der Waals surface area contributed by atoms with Gasteiger partial charge in [-0.25, -0.2) is 4.79 Å². The molecule has 0 bridgehead atoms. The molecule has 2 aliphatic rings. The molecule has 3 rings (SSSR count). The molecule has 5 heteroatoms. The van der Waals surface area contributed by atoms with Gasteiger partial charge in [0.1, 0.15) is 0 Å². The van der Waals surface area contributed by atoms with Gasteiger partial charge in [0.25, 0.3) is 0 Å². The molecule has 0 radical (unpaired) electrons. The van der Waals surface area contributed by atoms with Crippen LogP contribution in [-0.4, -0.2) is 42.5 Å². The van der Waals surface area contributed by atoms with Gasteiger partial charge in [-0.3, -0.25) is 4.79 Å². The average molecular weight is 343 g/mol. The van der Waals surface area contributed by atoms with Gasteiger partial charge in [0.15, 0.2) is 0 Å². The molecular weight excluding hydrogens is 314 g/mol. The second-order valence-corrected chi connectivity index (χ2v) is 7.38. The molecule has 2 N–H and O–H groups in total. The molecule has 1 aromatic carbocycles. The van der Waals surface area contributed by atoms with E-state index in [4.69, 9.17) is 0 Å². The summed E-state index contributed by atoms with van der Waals surface area (Å²) < 4.78 is 0. The summed E-state index contributed by atoms with van der Waals surface area (Å²) >= 11 is 0. The van der Waals surface area contributed by atoms with Crippen molar-refractivity contribution < 1.29 is 9.59 Å². The standard InChI is InChI=1S/C20H29N3O2/c1-15(16-5-3-2-4-6-16)9-12-21-20(25)23-13-10-17(11-14-23)19(24)22-18-7-8-18/h2-6,15,17-18H,7-14H2,1H3,(H,21,25)(H,22,24). The fourth-order valence-corrected chi connectivity index (χ4v) is 3.35. The minimum atomic E-state index is 0.00122. The molecule has 3 amide bonds. The first kappa shape index (κ1) is 17.8. The summed E-state index contributed by atoms with van der Waals surface area (Å²) in [7, 11) is 0. The molecule has 0 aromatic heterocycles. The van der Waals surface area contributed by atoms with E-state index in [-0.39, 0.29) is 17.9 Å². The Morgan fingerprint density at radius 1 is 1.12 bits per heavy atom. The van der Waals surface area contributed by atoms with Crippen LogP contribution in [0.1, 0.15) is 50.5 Å². The molecule has 1 aliphatic carbocycles. The molecule has 1 atom stereocenters. The minimum absolute atomic E-state index is 0.00122. The second-order valence-electron chi connectivity index (χ2n) is 7.38. The van der Waals surface area contributed by atoms with Crippen molar-refractivity contribution in [2.24, 2.45) is 5.92 Å². The second kappa shape index (κ2) is 8.37. The summed E-state index contributed by atoms with van der Waals surface area (Å²) in [5.74, 6) is 0.681. The maximum atomic E-state index is 12.3. The molecular formula is C20H29N3O2. The molecule has 136 valence electrons. The molecule has 25 heavy (non-hydrogen) atoms. The van der Waals surface area contributed by atoms with Crippen LogP contribution in [0.3, 0.4) is 0 Å². The molecule has 1 aliphatic heterocycles. The van der Waals surface area contributed by atoms with Crippen LogP contribution in [0.5, 0.6) is 0 Å². The fraction of sp³-hybridized carbons (Fsp3) is 0.600. The van der Waals surface area contributed by atoms with E-state index in [0.717, 1.165) is 32.1 Å². The van der Waals surface area contributed by atoms with Crippen molar-refractivity contribution in [1.82, 2.24) is 15.5 Å². The summed E-state index contributed by atoms with van der Waals surface area (Å²) in [6, 6.07) is 10.8. The van der Waals surface area contributed by atoms with Crippen LogP contribution in [0.2, 0.25) is 0 Å². The van der Waals surface area contributed by atoms with E-state index in [1.54, 1.807) is 0 Å². The highest BCUT2D eigenvalue weighted by atomic mass is 16.2. The first-order valence-corrected chi connectivity index (χ1v) is 9.51. The maximum absolute atomic E-state index is 12.3. The van der Waals surface area contributed by atoms with Gasteiger partial charge >= 0.3 is 6.03 Å². The highest BCUT2D eigenvalue weighted by Gasteiger charge is 2.30. The number of nitrogens with one attached hydrogen (secondary N) is 2. The zero-order chi connectivity index (χ0) is 17.6. The van der Waals surface area contributed by atoms with Crippen molar-refractivity contribution in [2.75, 3.05) is 19.6 Å². The molecule has 1 saturated carbocycles. The number of urea groups is 1. The fourth-order valence-electron chi connectivity index (χ4n) is 3.35. The Balaban J connectivity index is 1.34. The number of hydrogen-bond donors (Lipinski definition) is 2. The number of piperidine rings is 1. The summed E-state index contributed by atoms with van der Waals surface area (Å²) in [6.45, 7) is 4.20. The highest BCUT2D eigenvalue weighted by molar-refractivity contribution is 5.80. The Bertz CT molecular complexity index is 578. The monoisotopic (exact) mass is 343 g/mol.